The fourth-order valence-electron chi connectivity index (χ4n) is 2.92. The third-order valence-electron chi connectivity index (χ3n) is 4.38. The monoisotopic (exact) mass is 340 g/mol. The number of sulfonamides is 1. The maximum atomic E-state index is 12.5. The van der Waals surface area contributed by atoms with E-state index in [1.54, 1.807) is 19.2 Å². The lowest BCUT2D eigenvalue weighted by atomic mass is 9.87. The number of methoxy groups -OCH3 is 1. The highest BCUT2D eigenvalue weighted by Gasteiger charge is 2.34. The summed E-state index contributed by atoms with van der Waals surface area (Å²) >= 11 is 0. The Morgan fingerprint density at radius 3 is 2.39 bits per heavy atom. The van der Waals surface area contributed by atoms with Crippen molar-refractivity contribution in [1.82, 2.24) is 10.0 Å². The van der Waals surface area contributed by atoms with Crippen molar-refractivity contribution in [3.63, 3.8) is 0 Å². The van der Waals surface area contributed by atoms with Gasteiger partial charge >= 0.3 is 0 Å². The minimum atomic E-state index is -3.51. The first-order valence-electron chi connectivity index (χ1n) is 8.03. The quantitative estimate of drug-likeness (QED) is 0.831. The zero-order valence-corrected chi connectivity index (χ0v) is 15.3. The van der Waals surface area contributed by atoms with E-state index in [-0.39, 0.29) is 11.0 Å². The van der Waals surface area contributed by atoms with E-state index in [4.69, 9.17) is 4.74 Å². The van der Waals surface area contributed by atoms with Crippen LogP contribution >= 0.6 is 0 Å². The lowest BCUT2D eigenvalue weighted by Gasteiger charge is -2.29. The average Bonchev–Trinajstić information content (AvgIpc) is 2.94. The molecule has 1 aromatic rings. The molecule has 23 heavy (non-hydrogen) atoms. The van der Waals surface area contributed by atoms with Crippen LogP contribution in [0.15, 0.2) is 29.2 Å². The van der Waals surface area contributed by atoms with Crippen molar-refractivity contribution >= 4 is 10.0 Å². The van der Waals surface area contributed by atoms with Crippen LogP contribution < -0.4 is 10.0 Å². The minimum Gasteiger partial charge on any atom is -0.383 e. The Morgan fingerprint density at radius 1 is 1.26 bits per heavy atom. The Kier molecular flexibility index (Phi) is 5.51. The Morgan fingerprint density at radius 2 is 1.91 bits per heavy atom. The van der Waals surface area contributed by atoms with Crippen molar-refractivity contribution in [3.05, 3.63) is 29.8 Å². The first-order chi connectivity index (χ1) is 10.7. The van der Waals surface area contributed by atoms with Crippen LogP contribution in [0.5, 0.6) is 0 Å². The summed E-state index contributed by atoms with van der Waals surface area (Å²) in [7, 11) is -1.87. The molecule has 2 rings (SSSR count). The molecule has 1 heterocycles. The Hall–Kier alpha value is -0.950. The van der Waals surface area contributed by atoms with E-state index in [0.717, 1.165) is 24.9 Å². The van der Waals surface area contributed by atoms with Crippen LogP contribution in [0.25, 0.3) is 0 Å². The SMILES string of the molecule is COCC1(CNS(=O)(=O)c2ccc(C(C)(C)C)cc2)CCCN1. The van der Waals surface area contributed by atoms with Crippen molar-refractivity contribution < 1.29 is 13.2 Å². The van der Waals surface area contributed by atoms with Gasteiger partial charge in [0.15, 0.2) is 0 Å². The summed E-state index contributed by atoms with van der Waals surface area (Å²) in [5.74, 6) is 0. The van der Waals surface area contributed by atoms with Gasteiger partial charge in [0, 0.05) is 13.7 Å². The zero-order chi connectivity index (χ0) is 17.1. The van der Waals surface area contributed by atoms with E-state index in [1.807, 2.05) is 12.1 Å². The molecule has 6 heteroatoms. The highest BCUT2D eigenvalue weighted by Crippen LogP contribution is 2.24. The second kappa shape index (κ2) is 6.89. The third-order valence-corrected chi connectivity index (χ3v) is 5.80. The largest absolute Gasteiger partial charge is 0.383 e. The number of ether oxygens (including phenoxy) is 1. The summed E-state index contributed by atoms with van der Waals surface area (Å²) in [5, 5.41) is 3.37. The van der Waals surface area contributed by atoms with Crippen LogP contribution in [0.2, 0.25) is 0 Å². The minimum absolute atomic E-state index is 0.00596. The van der Waals surface area contributed by atoms with Crippen LogP contribution in [0.3, 0.4) is 0 Å². The third kappa shape index (κ3) is 4.53. The van der Waals surface area contributed by atoms with E-state index in [2.05, 4.69) is 30.8 Å². The van der Waals surface area contributed by atoms with Gasteiger partial charge in [0.05, 0.1) is 17.0 Å². The predicted octanol–water partition coefficient (Wildman–Crippen LogP) is 2.03. The van der Waals surface area contributed by atoms with Crippen molar-refractivity contribution in [2.24, 2.45) is 0 Å². The first-order valence-corrected chi connectivity index (χ1v) is 9.51. The molecule has 1 aliphatic heterocycles. The van der Waals surface area contributed by atoms with E-state index in [9.17, 15) is 8.42 Å². The molecular formula is C17H28N2O3S. The van der Waals surface area contributed by atoms with Crippen LogP contribution in [0.4, 0.5) is 0 Å². The molecule has 0 amide bonds. The van der Waals surface area contributed by atoms with Gasteiger partial charge in [-0.05, 0) is 42.5 Å². The Bertz CT molecular complexity index is 612. The van der Waals surface area contributed by atoms with Gasteiger partial charge in [0.1, 0.15) is 0 Å². The van der Waals surface area contributed by atoms with Crippen LogP contribution in [-0.2, 0) is 20.2 Å². The maximum Gasteiger partial charge on any atom is 0.240 e. The number of nitrogens with one attached hydrogen (secondary N) is 2. The van der Waals surface area contributed by atoms with Crippen molar-refractivity contribution in [2.45, 2.75) is 49.5 Å². The molecule has 0 aliphatic carbocycles. The lowest BCUT2D eigenvalue weighted by Crippen LogP contribution is -2.52. The van der Waals surface area contributed by atoms with Gasteiger partial charge in [-0.2, -0.15) is 0 Å². The van der Waals surface area contributed by atoms with Crippen molar-refractivity contribution in [2.75, 3.05) is 26.8 Å². The normalized spacial score (nSPS) is 22.4. The van der Waals surface area contributed by atoms with E-state index >= 15 is 0 Å². The molecule has 1 aliphatic rings. The molecule has 2 N–H and O–H groups in total. The second-order valence-corrected chi connectivity index (χ2v) is 9.11. The number of benzene rings is 1. The molecule has 0 saturated carbocycles. The van der Waals surface area contributed by atoms with E-state index in [0.29, 0.717) is 18.0 Å². The molecule has 130 valence electrons. The molecule has 1 atom stereocenters. The smallest absolute Gasteiger partial charge is 0.240 e. The summed E-state index contributed by atoms with van der Waals surface area (Å²) in [6.45, 7) is 8.05. The summed E-state index contributed by atoms with van der Waals surface area (Å²) in [5.41, 5.74) is 0.823. The van der Waals surface area contributed by atoms with Crippen LogP contribution in [0.1, 0.15) is 39.2 Å². The fourth-order valence-corrected chi connectivity index (χ4v) is 4.05. The van der Waals surface area contributed by atoms with E-state index < -0.39 is 10.0 Å². The predicted molar refractivity (Wildman–Crippen MR) is 92.2 cm³/mol. The molecule has 1 aromatic carbocycles. The molecular weight excluding hydrogens is 312 g/mol. The second-order valence-electron chi connectivity index (χ2n) is 7.34. The maximum absolute atomic E-state index is 12.5. The van der Waals surface area contributed by atoms with Crippen molar-refractivity contribution in [3.8, 4) is 0 Å². The van der Waals surface area contributed by atoms with Gasteiger partial charge in [-0.15, -0.1) is 0 Å². The topological polar surface area (TPSA) is 67.4 Å². The molecule has 1 saturated heterocycles. The average molecular weight is 340 g/mol. The van der Waals surface area contributed by atoms with Gasteiger partial charge in [-0.25, -0.2) is 13.1 Å². The number of hydrogen-bond acceptors (Lipinski definition) is 4. The highest BCUT2D eigenvalue weighted by molar-refractivity contribution is 7.89. The summed E-state index contributed by atoms with van der Waals surface area (Å²) in [6.07, 6.45) is 1.94. The highest BCUT2D eigenvalue weighted by atomic mass is 32.2. The van der Waals surface area contributed by atoms with Gasteiger partial charge in [0.2, 0.25) is 10.0 Å². The lowest BCUT2D eigenvalue weighted by molar-refractivity contribution is 0.122. The molecule has 1 unspecified atom stereocenters. The summed E-state index contributed by atoms with van der Waals surface area (Å²) in [6, 6.07) is 7.11. The van der Waals surface area contributed by atoms with Gasteiger partial charge in [-0.1, -0.05) is 32.9 Å². The number of rotatable bonds is 6. The summed E-state index contributed by atoms with van der Waals surface area (Å²) in [4.78, 5) is 0.302. The molecule has 5 nitrogen and oxygen atoms in total. The Labute approximate surface area is 139 Å². The van der Waals surface area contributed by atoms with Crippen LogP contribution in [-0.4, -0.2) is 40.8 Å². The first kappa shape index (κ1) is 18.4. The number of hydrogen-bond donors (Lipinski definition) is 2. The molecule has 0 radical (unpaired) electrons. The van der Waals surface area contributed by atoms with Gasteiger partial charge in [-0.3, -0.25) is 0 Å². The van der Waals surface area contributed by atoms with Crippen molar-refractivity contribution in [1.29, 1.82) is 0 Å². The molecule has 1 fully saturated rings. The Balaban J connectivity index is 2.09. The molecule has 0 aromatic heterocycles. The molecule has 0 spiro atoms. The standard InChI is InChI=1S/C17H28N2O3S/c1-16(2,3)14-6-8-15(9-7-14)23(20,21)19-12-17(13-22-4)10-5-11-18-17/h6-9,18-19H,5,10-13H2,1-4H3. The van der Waals surface area contributed by atoms with Gasteiger partial charge < -0.3 is 10.1 Å². The van der Waals surface area contributed by atoms with E-state index in [1.165, 1.54) is 0 Å². The fraction of sp³-hybridized carbons (Fsp3) is 0.647. The van der Waals surface area contributed by atoms with Gasteiger partial charge in [0.25, 0.3) is 0 Å². The molecule has 0 bridgehead atoms. The summed E-state index contributed by atoms with van der Waals surface area (Å²) < 4.78 is 33.0. The zero-order valence-electron chi connectivity index (χ0n) is 14.5. The van der Waals surface area contributed by atoms with Crippen LogP contribution in [0, 0.1) is 0 Å².